The van der Waals surface area contributed by atoms with Gasteiger partial charge in [0.1, 0.15) is 5.75 Å². The number of nitrogens with two attached hydrogens (primary N) is 1. The molecule has 0 fully saturated rings. The molecule has 1 aromatic carbocycles. The molecular weight excluding hydrogens is 255 g/mol. The van der Waals surface area contributed by atoms with Crippen molar-refractivity contribution >= 4 is 11.6 Å². The van der Waals surface area contributed by atoms with Gasteiger partial charge in [0.2, 0.25) is 0 Å². The summed E-state index contributed by atoms with van der Waals surface area (Å²) in [6, 6.07) is 4.05. The predicted octanol–water partition coefficient (Wildman–Crippen LogP) is 3.69. The Morgan fingerprint density at radius 2 is 2.06 bits per heavy atom. The Kier molecular flexibility index (Phi) is 4.65. The molecule has 6 heteroatoms. The van der Waals surface area contributed by atoms with Crippen molar-refractivity contribution in [2.75, 3.05) is 7.11 Å². The van der Waals surface area contributed by atoms with Crippen molar-refractivity contribution in [3.8, 4) is 5.75 Å². The number of hydrogen-bond donors (Lipinski definition) is 1. The second-order valence-electron chi connectivity index (χ2n) is 3.65. The summed E-state index contributed by atoms with van der Waals surface area (Å²) in [5.74, 6) is 0.471. The van der Waals surface area contributed by atoms with Crippen molar-refractivity contribution < 1.29 is 17.9 Å². The van der Waals surface area contributed by atoms with Crippen molar-refractivity contribution in [2.45, 2.75) is 25.1 Å². The molecule has 0 amide bonds. The molecule has 0 aromatic heterocycles. The minimum Gasteiger partial charge on any atom is -0.495 e. The number of benzene rings is 1. The summed E-state index contributed by atoms with van der Waals surface area (Å²) in [4.78, 5) is 0. The zero-order valence-corrected chi connectivity index (χ0v) is 9.98. The molecule has 1 unspecified atom stereocenters. The number of rotatable bonds is 4. The summed E-state index contributed by atoms with van der Waals surface area (Å²) in [6.45, 7) is 0. The molecule has 17 heavy (non-hydrogen) atoms. The molecule has 0 saturated carbocycles. The van der Waals surface area contributed by atoms with Crippen LogP contribution in [-0.2, 0) is 0 Å². The number of hydrogen-bond acceptors (Lipinski definition) is 2. The van der Waals surface area contributed by atoms with Gasteiger partial charge in [0.25, 0.3) is 0 Å². The largest absolute Gasteiger partial charge is 0.495 e. The average Bonchev–Trinajstić information content (AvgIpc) is 2.24. The molecule has 0 radical (unpaired) electrons. The predicted molar refractivity (Wildman–Crippen MR) is 60.2 cm³/mol. The first kappa shape index (κ1) is 14.1. The molecule has 96 valence electrons. The SMILES string of the molecule is COc1ccc(C(N)CCC(F)(F)F)cc1Cl. The van der Waals surface area contributed by atoms with Gasteiger partial charge in [-0.1, -0.05) is 17.7 Å². The lowest BCUT2D eigenvalue weighted by Crippen LogP contribution is -2.15. The zero-order valence-electron chi connectivity index (χ0n) is 9.22. The summed E-state index contributed by atoms with van der Waals surface area (Å²) >= 11 is 5.86. The van der Waals surface area contributed by atoms with Crippen LogP contribution in [0, 0.1) is 0 Å². The average molecular weight is 268 g/mol. The van der Waals surface area contributed by atoms with Crippen LogP contribution in [0.25, 0.3) is 0 Å². The maximum atomic E-state index is 12.0. The Hall–Kier alpha value is -0.940. The highest BCUT2D eigenvalue weighted by Gasteiger charge is 2.27. The van der Waals surface area contributed by atoms with Gasteiger partial charge in [0, 0.05) is 12.5 Å². The first-order valence-electron chi connectivity index (χ1n) is 4.99. The third-order valence-corrected chi connectivity index (χ3v) is 2.64. The van der Waals surface area contributed by atoms with Crippen LogP contribution in [0.5, 0.6) is 5.75 Å². The van der Waals surface area contributed by atoms with E-state index in [0.29, 0.717) is 16.3 Å². The Balaban J connectivity index is 2.69. The van der Waals surface area contributed by atoms with Crippen LogP contribution in [0.2, 0.25) is 5.02 Å². The third-order valence-electron chi connectivity index (χ3n) is 2.34. The Labute approximate surface area is 103 Å². The molecule has 1 rings (SSSR count). The van der Waals surface area contributed by atoms with Crippen LogP contribution in [-0.4, -0.2) is 13.3 Å². The lowest BCUT2D eigenvalue weighted by molar-refractivity contribution is -0.136. The second-order valence-corrected chi connectivity index (χ2v) is 4.06. The van der Waals surface area contributed by atoms with Gasteiger partial charge >= 0.3 is 6.18 Å². The van der Waals surface area contributed by atoms with Crippen LogP contribution in [0.4, 0.5) is 13.2 Å². The van der Waals surface area contributed by atoms with Crippen molar-refractivity contribution in [1.29, 1.82) is 0 Å². The topological polar surface area (TPSA) is 35.2 Å². The van der Waals surface area contributed by atoms with Gasteiger partial charge in [-0.25, -0.2) is 0 Å². The molecule has 0 aliphatic rings. The summed E-state index contributed by atoms with van der Waals surface area (Å²) in [5, 5.41) is 0.340. The van der Waals surface area contributed by atoms with Gasteiger partial charge in [-0.15, -0.1) is 0 Å². The van der Waals surface area contributed by atoms with Crippen LogP contribution in [0.15, 0.2) is 18.2 Å². The van der Waals surface area contributed by atoms with E-state index in [2.05, 4.69) is 0 Å². The Bertz CT molecular complexity index is 381. The highest BCUT2D eigenvalue weighted by Crippen LogP contribution is 2.30. The minimum absolute atomic E-state index is 0.161. The Morgan fingerprint density at radius 1 is 1.41 bits per heavy atom. The number of halogens is 4. The summed E-state index contributed by atoms with van der Waals surface area (Å²) < 4.78 is 41.0. The normalized spacial score (nSPS) is 13.5. The maximum Gasteiger partial charge on any atom is 0.389 e. The van der Waals surface area contributed by atoms with E-state index in [1.54, 1.807) is 12.1 Å². The van der Waals surface area contributed by atoms with Crippen molar-refractivity contribution in [1.82, 2.24) is 0 Å². The zero-order chi connectivity index (χ0) is 13.1. The van der Waals surface area contributed by atoms with Crippen LogP contribution in [0.1, 0.15) is 24.4 Å². The first-order chi connectivity index (χ1) is 7.83. The van der Waals surface area contributed by atoms with E-state index in [-0.39, 0.29) is 6.42 Å². The van der Waals surface area contributed by atoms with Gasteiger partial charge in [-0.3, -0.25) is 0 Å². The molecule has 0 aliphatic carbocycles. The van der Waals surface area contributed by atoms with Crippen LogP contribution < -0.4 is 10.5 Å². The van der Waals surface area contributed by atoms with E-state index >= 15 is 0 Å². The van der Waals surface area contributed by atoms with Crippen molar-refractivity contribution in [2.24, 2.45) is 5.73 Å². The van der Waals surface area contributed by atoms with Crippen LogP contribution >= 0.6 is 11.6 Å². The van der Waals surface area contributed by atoms with E-state index in [1.165, 1.54) is 13.2 Å². The van der Waals surface area contributed by atoms with Gasteiger partial charge in [-0.2, -0.15) is 13.2 Å². The van der Waals surface area contributed by atoms with Gasteiger partial charge in [0.05, 0.1) is 12.1 Å². The second kappa shape index (κ2) is 5.60. The number of ether oxygens (including phenoxy) is 1. The lowest BCUT2D eigenvalue weighted by atomic mass is 10.0. The van der Waals surface area contributed by atoms with Crippen molar-refractivity contribution in [3.63, 3.8) is 0 Å². The van der Waals surface area contributed by atoms with Crippen LogP contribution in [0.3, 0.4) is 0 Å². The molecular formula is C11H13ClF3NO. The summed E-state index contributed by atoms with van der Waals surface area (Å²) in [6.07, 6.45) is -5.25. The molecule has 0 spiro atoms. The molecule has 0 bridgehead atoms. The van der Waals surface area contributed by atoms with E-state index in [1.807, 2.05) is 0 Å². The third kappa shape index (κ3) is 4.44. The van der Waals surface area contributed by atoms with Gasteiger partial charge in [-0.05, 0) is 24.1 Å². The number of alkyl halides is 3. The fraction of sp³-hybridized carbons (Fsp3) is 0.455. The maximum absolute atomic E-state index is 12.0. The smallest absolute Gasteiger partial charge is 0.389 e. The highest BCUT2D eigenvalue weighted by atomic mass is 35.5. The Morgan fingerprint density at radius 3 is 2.53 bits per heavy atom. The first-order valence-corrected chi connectivity index (χ1v) is 5.37. The van der Waals surface area contributed by atoms with Gasteiger partial charge in [0.15, 0.2) is 0 Å². The molecule has 2 nitrogen and oxygen atoms in total. The molecule has 2 N–H and O–H groups in total. The molecule has 1 aromatic rings. The van der Waals surface area contributed by atoms with Crippen molar-refractivity contribution in [3.05, 3.63) is 28.8 Å². The quantitative estimate of drug-likeness (QED) is 0.903. The molecule has 0 heterocycles. The molecule has 0 saturated heterocycles. The number of methoxy groups -OCH3 is 1. The van der Waals surface area contributed by atoms with E-state index in [4.69, 9.17) is 22.1 Å². The fourth-order valence-corrected chi connectivity index (χ4v) is 1.67. The van der Waals surface area contributed by atoms with Gasteiger partial charge < -0.3 is 10.5 Å². The van der Waals surface area contributed by atoms with E-state index < -0.39 is 18.6 Å². The standard InChI is InChI=1S/C11H13ClF3NO/c1-17-10-3-2-7(6-8(10)12)9(16)4-5-11(13,14)15/h2-3,6,9H,4-5,16H2,1H3. The highest BCUT2D eigenvalue weighted by molar-refractivity contribution is 6.32. The lowest BCUT2D eigenvalue weighted by Gasteiger charge is -2.14. The minimum atomic E-state index is -4.19. The summed E-state index contributed by atoms with van der Waals surface area (Å²) in [5.41, 5.74) is 6.23. The van der Waals surface area contributed by atoms with E-state index in [9.17, 15) is 13.2 Å². The monoisotopic (exact) mass is 267 g/mol. The summed E-state index contributed by atoms with van der Waals surface area (Å²) in [7, 11) is 1.46. The molecule has 0 aliphatic heterocycles. The molecule has 1 atom stereocenters. The fourth-order valence-electron chi connectivity index (χ4n) is 1.40. The van der Waals surface area contributed by atoms with E-state index in [0.717, 1.165) is 0 Å².